The number of rotatable bonds is 8. The van der Waals surface area contributed by atoms with Gasteiger partial charge in [0.2, 0.25) is 5.91 Å². The maximum absolute atomic E-state index is 12.7. The van der Waals surface area contributed by atoms with Crippen LogP contribution in [-0.4, -0.2) is 53.6 Å². The monoisotopic (exact) mass is 485 g/mol. The molecule has 35 heavy (non-hydrogen) atoms. The molecule has 1 N–H and O–H groups in total. The van der Waals surface area contributed by atoms with Gasteiger partial charge in [0, 0.05) is 61.9 Å². The summed E-state index contributed by atoms with van der Waals surface area (Å²) in [5.41, 5.74) is 4.66. The molecule has 6 nitrogen and oxygen atoms in total. The van der Waals surface area contributed by atoms with E-state index in [1.54, 1.807) is 11.8 Å². The highest BCUT2D eigenvalue weighted by Crippen LogP contribution is 2.29. The molecule has 2 aromatic carbocycles. The smallest absolute Gasteiger partial charge is 0.240 e. The largest absolute Gasteiger partial charge is 0.369 e. The molecule has 5 rings (SSSR count). The lowest BCUT2D eigenvalue weighted by Gasteiger charge is -2.34. The summed E-state index contributed by atoms with van der Waals surface area (Å²) in [6.07, 6.45) is 3.80. The Labute approximate surface area is 210 Å². The second kappa shape index (κ2) is 11.0. The van der Waals surface area contributed by atoms with Crippen molar-refractivity contribution in [2.24, 2.45) is 0 Å². The predicted molar refractivity (Wildman–Crippen MR) is 144 cm³/mol. The van der Waals surface area contributed by atoms with Gasteiger partial charge in [-0.2, -0.15) is 0 Å². The van der Waals surface area contributed by atoms with Gasteiger partial charge >= 0.3 is 0 Å². The molecule has 180 valence electrons. The number of fused-ring (bicyclic) bond motifs is 1. The van der Waals surface area contributed by atoms with Crippen molar-refractivity contribution in [1.29, 1.82) is 0 Å². The Morgan fingerprint density at radius 3 is 2.49 bits per heavy atom. The van der Waals surface area contributed by atoms with Crippen molar-refractivity contribution in [2.75, 3.05) is 38.1 Å². The van der Waals surface area contributed by atoms with Crippen LogP contribution < -0.4 is 10.2 Å². The summed E-state index contributed by atoms with van der Waals surface area (Å²) in [6.45, 7) is 5.11. The summed E-state index contributed by atoms with van der Waals surface area (Å²) in [6, 6.07) is 23.0. The first-order valence-electron chi connectivity index (χ1n) is 12.1. The fraction of sp³-hybridized carbons (Fsp3) is 0.286. The number of anilines is 1. The molecule has 1 saturated heterocycles. The first-order valence-corrected chi connectivity index (χ1v) is 13.0. The zero-order valence-electron chi connectivity index (χ0n) is 20.1. The first-order chi connectivity index (χ1) is 17.2. The Kier molecular flexibility index (Phi) is 7.35. The standard InChI is InChI=1S/C28H31N5OS/c1-31-15-17-32(18-16-31)24-9-7-22(8-10-24)19-30-27(34)20-33-14-12-25-26(33)11-13-29-28(25)35-21-23-5-3-2-4-6-23/h2-14H,15-21H2,1H3,(H,30,34). The average molecular weight is 486 g/mol. The lowest BCUT2D eigenvalue weighted by Crippen LogP contribution is -2.44. The molecule has 0 radical (unpaired) electrons. The van der Waals surface area contributed by atoms with Gasteiger partial charge in [-0.05, 0) is 42.4 Å². The van der Waals surface area contributed by atoms with Crippen molar-refractivity contribution >= 4 is 34.3 Å². The molecule has 0 atom stereocenters. The Morgan fingerprint density at radius 1 is 0.943 bits per heavy atom. The van der Waals surface area contributed by atoms with E-state index in [1.165, 1.54) is 11.3 Å². The molecular weight excluding hydrogens is 454 g/mol. The third kappa shape index (κ3) is 5.86. The number of hydrogen-bond acceptors (Lipinski definition) is 5. The number of benzene rings is 2. The van der Waals surface area contributed by atoms with E-state index in [0.717, 1.165) is 53.4 Å². The summed E-state index contributed by atoms with van der Waals surface area (Å²) in [5.74, 6) is 0.868. The van der Waals surface area contributed by atoms with E-state index >= 15 is 0 Å². The number of likely N-dealkylation sites (N-methyl/N-ethyl adjacent to an activating group) is 1. The van der Waals surface area contributed by atoms with Gasteiger partial charge in [0.05, 0.1) is 5.52 Å². The average Bonchev–Trinajstić information content (AvgIpc) is 3.31. The number of pyridine rings is 1. The topological polar surface area (TPSA) is 53.4 Å². The second-order valence-electron chi connectivity index (χ2n) is 9.00. The van der Waals surface area contributed by atoms with Crippen LogP contribution in [0.4, 0.5) is 5.69 Å². The normalized spacial score (nSPS) is 14.4. The molecule has 0 aliphatic carbocycles. The van der Waals surface area contributed by atoms with E-state index in [9.17, 15) is 4.79 Å². The van der Waals surface area contributed by atoms with Crippen LogP contribution in [-0.2, 0) is 23.6 Å². The van der Waals surface area contributed by atoms with Gasteiger partial charge in [0.1, 0.15) is 11.6 Å². The van der Waals surface area contributed by atoms with Crippen LogP contribution in [0.5, 0.6) is 0 Å². The Bertz CT molecular complexity index is 1260. The number of nitrogens with one attached hydrogen (secondary N) is 1. The van der Waals surface area contributed by atoms with Crippen LogP contribution in [0.2, 0.25) is 0 Å². The molecule has 0 spiro atoms. The minimum atomic E-state index is 0.000875. The van der Waals surface area contributed by atoms with E-state index in [4.69, 9.17) is 0 Å². The molecule has 1 fully saturated rings. The summed E-state index contributed by atoms with van der Waals surface area (Å²) in [7, 11) is 2.17. The summed E-state index contributed by atoms with van der Waals surface area (Å²) in [4.78, 5) is 22.1. The third-order valence-electron chi connectivity index (χ3n) is 6.49. The van der Waals surface area contributed by atoms with Crippen LogP contribution in [0, 0.1) is 0 Å². The highest BCUT2D eigenvalue weighted by molar-refractivity contribution is 7.98. The van der Waals surface area contributed by atoms with Crippen LogP contribution in [0.15, 0.2) is 84.1 Å². The molecule has 1 amide bonds. The minimum Gasteiger partial charge on any atom is -0.369 e. The highest BCUT2D eigenvalue weighted by Gasteiger charge is 2.14. The predicted octanol–water partition coefficient (Wildman–Crippen LogP) is 4.40. The van der Waals surface area contributed by atoms with Crippen molar-refractivity contribution < 1.29 is 4.79 Å². The van der Waals surface area contributed by atoms with Crippen molar-refractivity contribution in [3.05, 3.63) is 90.3 Å². The maximum atomic E-state index is 12.7. The number of thioether (sulfide) groups is 1. The zero-order chi connectivity index (χ0) is 24.0. The number of carbonyl (C=O) groups excluding carboxylic acids is 1. The fourth-order valence-electron chi connectivity index (χ4n) is 4.38. The lowest BCUT2D eigenvalue weighted by molar-refractivity contribution is -0.121. The van der Waals surface area contributed by atoms with Gasteiger partial charge in [-0.3, -0.25) is 4.79 Å². The van der Waals surface area contributed by atoms with Crippen molar-refractivity contribution in [3.8, 4) is 0 Å². The molecule has 0 bridgehead atoms. The molecule has 4 aromatic rings. The van der Waals surface area contributed by atoms with Crippen molar-refractivity contribution in [2.45, 2.75) is 23.9 Å². The lowest BCUT2D eigenvalue weighted by atomic mass is 10.2. The highest BCUT2D eigenvalue weighted by atomic mass is 32.2. The SMILES string of the molecule is CN1CCN(c2ccc(CNC(=O)Cn3ccc4c(SCc5ccccc5)nccc43)cc2)CC1. The molecule has 3 heterocycles. The van der Waals surface area contributed by atoms with Gasteiger partial charge < -0.3 is 19.7 Å². The summed E-state index contributed by atoms with van der Waals surface area (Å²) >= 11 is 1.72. The Balaban J connectivity index is 1.16. The van der Waals surface area contributed by atoms with Gasteiger partial charge in [-0.1, -0.05) is 42.5 Å². The van der Waals surface area contributed by atoms with E-state index in [1.807, 2.05) is 29.1 Å². The van der Waals surface area contributed by atoms with Gasteiger partial charge in [0.15, 0.2) is 0 Å². The van der Waals surface area contributed by atoms with E-state index in [0.29, 0.717) is 6.54 Å². The number of piperazine rings is 1. The van der Waals surface area contributed by atoms with Gasteiger partial charge in [0.25, 0.3) is 0 Å². The Hall–Kier alpha value is -3.29. The van der Waals surface area contributed by atoms with Crippen LogP contribution >= 0.6 is 11.8 Å². The fourth-order valence-corrected chi connectivity index (χ4v) is 5.34. The molecule has 1 aliphatic heterocycles. The van der Waals surface area contributed by atoms with Crippen LogP contribution in [0.3, 0.4) is 0 Å². The molecule has 0 saturated carbocycles. The van der Waals surface area contributed by atoms with Crippen LogP contribution in [0.1, 0.15) is 11.1 Å². The van der Waals surface area contributed by atoms with E-state index in [-0.39, 0.29) is 12.5 Å². The maximum Gasteiger partial charge on any atom is 0.240 e. The molecule has 0 unspecified atom stereocenters. The van der Waals surface area contributed by atoms with E-state index in [2.05, 4.69) is 81.7 Å². The summed E-state index contributed by atoms with van der Waals surface area (Å²) in [5, 5.41) is 5.14. The number of hydrogen-bond donors (Lipinski definition) is 1. The van der Waals surface area contributed by atoms with Gasteiger partial charge in [-0.15, -0.1) is 11.8 Å². The van der Waals surface area contributed by atoms with Crippen molar-refractivity contribution in [3.63, 3.8) is 0 Å². The number of nitrogens with zero attached hydrogens (tertiary/aromatic N) is 4. The number of amides is 1. The third-order valence-corrected chi connectivity index (χ3v) is 7.56. The van der Waals surface area contributed by atoms with E-state index < -0.39 is 0 Å². The molecule has 2 aromatic heterocycles. The number of carbonyl (C=O) groups is 1. The molecular formula is C28H31N5OS. The Morgan fingerprint density at radius 2 is 1.71 bits per heavy atom. The minimum absolute atomic E-state index is 0.000875. The second-order valence-corrected chi connectivity index (χ2v) is 9.96. The summed E-state index contributed by atoms with van der Waals surface area (Å²) < 4.78 is 2.00. The van der Waals surface area contributed by atoms with Gasteiger partial charge in [-0.25, -0.2) is 4.98 Å². The van der Waals surface area contributed by atoms with Crippen LogP contribution in [0.25, 0.3) is 10.9 Å². The molecule has 7 heteroatoms. The first kappa shape index (κ1) is 23.5. The quantitative estimate of drug-likeness (QED) is 0.375. The van der Waals surface area contributed by atoms with Crippen molar-refractivity contribution in [1.82, 2.24) is 19.8 Å². The number of aromatic nitrogens is 2. The zero-order valence-corrected chi connectivity index (χ0v) is 20.9. The molecule has 1 aliphatic rings.